The molecular weight excluding hydrogens is 234 g/mol. The van der Waals surface area contributed by atoms with Crippen LogP contribution in [0.3, 0.4) is 0 Å². The van der Waals surface area contributed by atoms with Gasteiger partial charge in [-0.3, -0.25) is 0 Å². The van der Waals surface area contributed by atoms with Gasteiger partial charge in [-0.1, -0.05) is 13.8 Å². The van der Waals surface area contributed by atoms with E-state index in [4.69, 9.17) is 4.74 Å². The lowest BCUT2D eigenvalue weighted by atomic mass is 9.54. The molecule has 0 aromatic rings. The minimum Gasteiger partial charge on any atom is -0.380 e. The van der Waals surface area contributed by atoms with Gasteiger partial charge in [0.15, 0.2) is 0 Å². The summed E-state index contributed by atoms with van der Waals surface area (Å²) in [4.78, 5) is 0. The first kappa shape index (κ1) is 13.9. The van der Waals surface area contributed by atoms with Crippen molar-refractivity contribution < 1.29 is 4.74 Å². The van der Waals surface area contributed by atoms with Crippen LogP contribution in [0.15, 0.2) is 0 Å². The Kier molecular flexibility index (Phi) is 4.48. The molecule has 110 valence electrons. The second-order valence-corrected chi connectivity index (χ2v) is 7.71. The summed E-state index contributed by atoms with van der Waals surface area (Å²) < 4.78 is 5.73. The van der Waals surface area contributed by atoms with Crippen LogP contribution in [0.2, 0.25) is 0 Å². The predicted octanol–water partition coefficient (Wildman–Crippen LogP) is 3.46. The van der Waals surface area contributed by atoms with Crippen molar-refractivity contribution in [2.75, 3.05) is 19.8 Å². The maximum absolute atomic E-state index is 5.73. The van der Waals surface area contributed by atoms with E-state index in [0.717, 1.165) is 55.4 Å². The van der Waals surface area contributed by atoms with Crippen LogP contribution in [0, 0.1) is 29.6 Å². The summed E-state index contributed by atoms with van der Waals surface area (Å²) in [6, 6.07) is 0.821. The number of hydrogen-bond acceptors (Lipinski definition) is 2. The molecule has 4 bridgehead atoms. The molecule has 2 nitrogen and oxygen atoms in total. The van der Waals surface area contributed by atoms with Crippen LogP contribution >= 0.6 is 0 Å². The zero-order valence-electron chi connectivity index (χ0n) is 12.7. The summed E-state index contributed by atoms with van der Waals surface area (Å²) in [6.45, 7) is 7.41. The lowest BCUT2D eigenvalue weighted by Gasteiger charge is -2.54. The fourth-order valence-electron chi connectivity index (χ4n) is 4.98. The van der Waals surface area contributed by atoms with Crippen molar-refractivity contribution in [2.24, 2.45) is 29.6 Å². The maximum atomic E-state index is 5.73. The van der Waals surface area contributed by atoms with Crippen LogP contribution in [0.4, 0.5) is 0 Å². The lowest BCUT2D eigenvalue weighted by Crippen LogP contribution is -2.55. The molecule has 4 fully saturated rings. The molecule has 0 heterocycles. The Morgan fingerprint density at radius 1 is 0.947 bits per heavy atom. The molecule has 0 saturated heterocycles. The largest absolute Gasteiger partial charge is 0.380 e. The SMILES string of the molecule is CC(C)CCOCCNC1C2CC3CC(C2)CC1C3. The molecule has 19 heavy (non-hydrogen) atoms. The van der Waals surface area contributed by atoms with Gasteiger partial charge in [0.2, 0.25) is 0 Å². The van der Waals surface area contributed by atoms with Crippen molar-refractivity contribution in [1.82, 2.24) is 5.32 Å². The molecule has 0 amide bonds. The summed E-state index contributed by atoms with van der Waals surface area (Å²) in [7, 11) is 0. The first-order chi connectivity index (χ1) is 9.22. The third kappa shape index (κ3) is 3.33. The van der Waals surface area contributed by atoms with Gasteiger partial charge in [0.25, 0.3) is 0 Å². The number of hydrogen-bond donors (Lipinski definition) is 1. The monoisotopic (exact) mass is 265 g/mol. The van der Waals surface area contributed by atoms with Crippen LogP contribution < -0.4 is 5.32 Å². The van der Waals surface area contributed by atoms with Crippen LogP contribution in [0.25, 0.3) is 0 Å². The Labute approximate surface area is 118 Å². The Morgan fingerprint density at radius 3 is 2.16 bits per heavy atom. The summed E-state index contributed by atoms with van der Waals surface area (Å²) in [5, 5.41) is 3.83. The van der Waals surface area contributed by atoms with Gasteiger partial charge < -0.3 is 10.1 Å². The number of nitrogens with one attached hydrogen (secondary N) is 1. The third-order valence-corrected chi connectivity index (χ3v) is 5.69. The maximum Gasteiger partial charge on any atom is 0.0591 e. The fourth-order valence-corrected chi connectivity index (χ4v) is 4.98. The van der Waals surface area contributed by atoms with Gasteiger partial charge in [0.05, 0.1) is 6.61 Å². The zero-order chi connectivity index (χ0) is 13.2. The van der Waals surface area contributed by atoms with Crippen molar-refractivity contribution in [2.45, 2.75) is 58.4 Å². The smallest absolute Gasteiger partial charge is 0.0591 e. The Morgan fingerprint density at radius 2 is 1.58 bits per heavy atom. The molecule has 0 atom stereocenters. The van der Waals surface area contributed by atoms with E-state index in [1.54, 1.807) is 6.42 Å². The molecule has 0 aromatic heterocycles. The first-order valence-corrected chi connectivity index (χ1v) is 8.53. The average Bonchev–Trinajstić information content (AvgIpc) is 2.35. The lowest BCUT2D eigenvalue weighted by molar-refractivity contribution is -0.0161. The van der Waals surface area contributed by atoms with Crippen molar-refractivity contribution in [3.05, 3.63) is 0 Å². The second kappa shape index (κ2) is 6.13. The fraction of sp³-hybridized carbons (Fsp3) is 1.00. The molecule has 0 spiro atoms. The highest BCUT2D eigenvalue weighted by molar-refractivity contribution is 5.01. The highest BCUT2D eigenvalue weighted by Crippen LogP contribution is 2.53. The van der Waals surface area contributed by atoms with Crippen LogP contribution in [0.5, 0.6) is 0 Å². The molecular formula is C17H31NO. The van der Waals surface area contributed by atoms with E-state index in [9.17, 15) is 0 Å². The third-order valence-electron chi connectivity index (χ3n) is 5.69. The summed E-state index contributed by atoms with van der Waals surface area (Å²) in [5.74, 6) is 4.92. The van der Waals surface area contributed by atoms with Gasteiger partial charge in [-0.15, -0.1) is 0 Å². The molecule has 4 aliphatic rings. The zero-order valence-corrected chi connectivity index (χ0v) is 12.7. The van der Waals surface area contributed by atoms with Gasteiger partial charge in [-0.2, -0.15) is 0 Å². The van der Waals surface area contributed by atoms with E-state index in [0.29, 0.717) is 0 Å². The Bertz CT molecular complexity index is 261. The van der Waals surface area contributed by atoms with Gasteiger partial charge in [0.1, 0.15) is 0 Å². The standard InChI is InChI=1S/C17H31NO/c1-12(2)3-5-19-6-4-18-17-15-8-13-7-14(10-15)11-16(17)9-13/h12-18H,3-11H2,1-2H3. The van der Waals surface area contributed by atoms with Crippen molar-refractivity contribution >= 4 is 0 Å². The summed E-state index contributed by atoms with van der Waals surface area (Å²) in [6.07, 6.45) is 8.80. The van der Waals surface area contributed by atoms with Gasteiger partial charge in [-0.25, -0.2) is 0 Å². The molecule has 2 heteroatoms. The molecule has 0 unspecified atom stereocenters. The molecule has 0 aromatic carbocycles. The highest BCUT2D eigenvalue weighted by Gasteiger charge is 2.47. The molecule has 0 radical (unpaired) electrons. The van der Waals surface area contributed by atoms with Gasteiger partial charge >= 0.3 is 0 Å². The van der Waals surface area contributed by atoms with Crippen molar-refractivity contribution in [3.8, 4) is 0 Å². The van der Waals surface area contributed by atoms with E-state index >= 15 is 0 Å². The minimum absolute atomic E-state index is 0.761. The quantitative estimate of drug-likeness (QED) is 0.712. The summed E-state index contributed by atoms with van der Waals surface area (Å²) in [5.41, 5.74) is 0. The first-order valence-electron chi connectivity index (χ1n) is 8.53. The topological polar surface area (TPSA) is 21.3 Å². The molecule has 0 aliphatic heterocycles. The van der Waals surface area contributed by atoms with Crippen LogP contribution in [-0.4, -0.2) is 25.8 Å². The van der Waals surface area contributed by atoms with Crippen molar-refractivity contribution in [3.63, 3.8) is 0 Å². The summed E-state index contributed by atoms with van der Waals surface area (Å²) >= 11 is 0. The van der Waals surface area contributed by atoms with E-state index in [1.165, 1.54) is 32.1 Å². The van der Waals surface area contributed by atoms with Gasteiger partial charge in [0, 0.05) is 19.2 Å². The van der Waals surface area contributed by atoms with Crippen LogP contribution in [-0.2, 0) is 4.74 Å². The average molecular weight is 265 g/mol. The normalized spacial score (nSPS) is 40.3. The van der Waals surface area contributed by atoms with Crippen LogP contribution in [0.1, 0.15) is 52.4 Å². The number of ether oxygens (including phenoxy) is 1. The molecule has 4 aliphatic carbocycles. The molecule has 4 saturated carbocycles. The number of rotatable bonds is 7. The highest BCUT2D eigenvalue weighted by atomic mass is 16.5. The Hall–Kier alpha value is -0.0800. The van der Waals surface area contributed by atoms with Crippen molar-refractivity contribution in [1.29, 1.82) is 0 Å². The molecule has 4 rings (SSSR count). The van der Waals surface area contributed by atoms with E-state index in [1.807, 2.05) is 0 Å². The van der Waals surface area contributed by atoms with Gasteiger partial charge in [-0.05, 0) is 68.1 Å². The van der Waals surface area contributed by atoms with E-state index in [-0.39, 0.29) is 0 Å². The van der Waals surface area contributed by atoms with E-state index < -0.39 is 0 Å². The predicted molar refractivity (Wildman–Crippen MR) is 79.1 cm³/mol. The minimum atomic E-state index is 0.761. The Balaban J connectivity index is 1.35. The van der Waals surface area contributed by atoms with E-state index in [2.05, 4.69) is 19.2 Å². The second-order valence-electron chi connectivity index (χ2n) is 7.71. The molecule has 1 N–H and O–H groups in total.